The fourth-order valence-corrected chi connectivity index (χ4v) is 3.09. The van der Waals surface area contributed by atoms with Crippen LogP contribution in [0.15, 0.2) is 0 Å². The molecule has 0 amide bonds. The lowest BCUT2D eigenvalue weighted by atomic mass is 9.78. The zero-order valence-electron chi connectivity index (χ0n) is 10.9. The highest BCUT2D eigenvalue weighted by molar-refractivity contribution is 4.92. The van der Waals surface area contributed by atoms with Gasteiger partial charge in [0.1, 0.15) is 0 Å². The van der Waals surface area contributed by atoms with E-state index in [2.05, 4.69) is 31.0 Å². The number of nitrogens with one attached hydrogen (secondary N) is 1. The number of ether oxygens (including phenoxy) is 1. The molecule has 0 radical (unpaired) electrons. The molecule has 1 heterocycles. The van der Waals surface area contributed by atoms with E-state index in [4.69, 9.17) is 4.74 Å². The molecule has 1 saturated heterocycles. The fraction of sp³-hybridized carbons (Fsp3) is 1.00. The molecule has 0 aromatic heterocycles. The molecule has 16 heavy (non-hydrogen) atoms. The van der Waals surface area contributed by atoms with Gasteiger partial charge in [-0.1, -0.05) is 6.92 Å². The molecule has 1 aliphatic carbocycles. The van der Waals surface area contributed by atoms with Gasteiger partial charge in [0, 0.05) is 19.1 Å². The Bertz CT molecular complexity index is 212. The summed E-state index contributed by atoms with van der Waals surface area (Å²) in [5.41, 5.74) is 0. The van der Waals surface area contributed by atoms with Crippen LogP contribution in [0.2, 0.25) is 0 Å². The van der Waals surface area contributed by atoms with Crippen molar-refractivity contribution >= 4 is 0 Å². The second kappa shape index (κ2) is 5.48. The molecule has 1 saturated carbocycles. The van der Waals surface area contributed by atoms with Crippen LogP contribution >= 0.6 is 0 Å². The quantitative estimate of drug-likeness (QED) is 0.786. The normalized spacial score (nSPS) is 40.7. The molecule has 1 aliphatic heterocycles. The van der Waals surface area contributed by atoms with Gasteiger partial charge in [-0.25, -0.2) is 0 Å². The van der Waals surface area contributed by atoms with Gasteiger partial charge >= 0.3 is 0 Å². The monoisotopic (exact) mass is 226 g/mol. The molecule has 94 valence electrons. The predicted molar refractivity (Wildman–Crippen MR) is 66.6 cm³/mol. The van der Waals surface area contributed by atoms with Crippen molar-refractivity contribution in [3.05, 3.63) is 0 Å². The summed E-state index contributed by atoms with van der Waals surface area (Å²) >= 11 is 0. The van der Waals surface area contributed by atoms with Crippen LogP contribution in [-0.4, -0.2) is 49.3 Å². The minimum atomic E-state index is 0.407. The van der Waals surface area contributed by atoms with Crippen LogP contribution in [0.25, 0.3) is 0 Å². The van der Waals surface area contributed by atoms with Gasteiger partial charge in [0.25, 0.3) is 0 Å². The van der Waals surface area contributed by atoms with E-state index in [1.165, 1.54) is 19.4 Å². The van der Waals surface area contributed by atoms with E-state index < -0.39 is 0 Å². The topological polar surface area (TPSA) is 24.5 Å². The highest BCUT2D eigenvalue weighted by atomic mass is 16.5. The molecule has 2 aliphatic rings. The average molecular weight is 226 g/mol. The zero-order valence-corrected chi connectivity index (χ0v) is 10.9. The minimum absolute atomic E-state index is 0.407. The maximum atomic E-state index is 5.79. The molecule has 0 spiro atoms. The molecular weight excluding hydrogens is 200 g/mol. The van der Waals surface area contributed by atoms with E-state index in [1.807, 2.05) is 0 Å². The van der Waals surface area contributed by atoms with E-state index in [1.54, 1.807) is 0 Å². The highest BCUT2D eigenvalue weighted by Gasteiger charge is 2.37. The van der Waals surface area contributed by atoms with Gasteiger partial charge in [-0.15, -0.1) is 0 Å². The average Bonchev–Trinajstić information content (AvgIpc) is 2.14. The SMILES string of the molecule is CCNCC1CCC1N1C[C@@H](C)O[C@@H](C)C1. The van der Waals surface area contributed by atoms with Crippen LogP contribution < -0.4 is 5.32 Å². The summed E-state index contributed by atoms with van der Waals surface area (Å²) in [6, 6.07) is 0.813. The lowest BCUT2D eigenvalue weighted by Gasteiger charge is -2.48. The van der Waals surface area contributed by atoms with E-state index in [-0.39, 0.29) is 0 Å². The minimum Gasteiger partial charge on any atom is -0.373 e. The first-order valence-electron chi connectivity index (χ1n) is 6.81. The van der Waals surface area contributed by atoms with E-state index in [0.717, 1.165) is 31.6 Å². The van der Waals surface area contributed by atoms with Gasteiger partial charge in [-0.2, -0.15) is 0 Å². The smallest absolute Gasteiger partial charge is 0.0678 e. The lowest BCUT2D eigenvalue weighted by molar-refractivity contribution is -0.100. The molecular formula is C13H26N2O. The van der Waals surface area contributed by atoms with Gasteiger partial charge in [-0.05, 0) is 45.7 Å². The Labute approximate surface area is 99.5 Å². The summed E-state index contributed by atoms with van der Waals surface area (Å²) in [7, 11) is 0. The van der Waals surface area contributed by atoms with Crippen LogP contribution in [0, 0.1) is 5.92 Å². The van der Waals surface area contributed by atoms with Crippen molar-refractivity contribution in [2.24, 2.45) is 5.92 Å². The Morgan fingerprint density at radius 1 is 1.19 bits per heavy atom. The van der Waals surface area contributed by atoms with Crippen molar-refractivity contribution in [3.63, 3.8) is 0 Å². The maximum Gasteiger partial charge on any atom is 0.0678 e. The number of hydrogen-bond acceptors (Lipinski definition) is 3. The molecule has 2 fully saturated rings. The molecule has 0 aromatic rings. The van der Waals surface area contributed by atoms with Crippen molar-refractivity contribution in [3.8, 4) is 0 Å². The number of nitrogens with zero attached hydrogens (tertiary/aromatic N) is 1. The van der Waals surface area contributed by atoms with Crippen LogP contribution in [0.5, 0.6) is 0 Å². The Kier molecular flexibility index (Phi) is 4.22. The van der Waals surface area contributed by atoms with Crippen LogP contribution in [0.4, 0.5) is 0 Å². The standard InChI is InChI=1S/C13H26N2O/c1-4-14-7-12-5-6-13(12)15-8-10(2)16-11(3)9-15/h10-14H,4-9H2,1-3H3/t10-,11+,12?,13?. The lowest BCUT2D eigenvalue weighted by Crippen LogP contribution is -2.57. The van der Waals surface area contributed by atoms with Crippen molar-refractivity contribution in [2.75, 3.05) is 26.2 Å². The summed E-state index contributed by atoms with van der Waals surface area (Å²) in [4.78, 5) is 2.66. The third kappa shape index (κ3) is 2.76. The Balaban J connectivity index is 1.82. The molecule has 0 aromatic carbocycles. The van der Waals surface area contributed by atoms with Crippen LogP contribution in [-0.2, 0) is 4.74 Å². The number of rotatable bonds is 4. The molecule has 3 heteroatoms. The number of hydrogen-bond donors (Lipinski definition) is 1. The molecule has 2 unspecified atom stereocenters. The summed E-state index contributed by atoms with van der Waals surface area (Å²) in [6.07, 6.45) is 3.60. The zero-order chi connectivity index (χ0) is 11.5. The second-order valence-electron chi connectivity index (χ2n) is 5.42. The van der Waals surface area contributed by atoms with Gasteiger partial charge in [0.05, 0.1) is 12.2 Å². The molecule has 0 bridgehead atoms. The van der Waals surface area contributed by atoms with E-state index >= 15 is 0 Å². The molecule has 3 nitrogen and oxygen atoms in total. The third-order valence-electron chi connectivity index (χ3n) is 3.95. The first-order valence-corrected chi connectivity index (χ1v) is 6.81. The summed E-state index contributed by atoms with van der Waals surface area (Å²) < 4.78 is 5.79. The second-order valence-corrected chi connectivity index (χ2v) is 5.42. The van der Waals surface area contributed by atoms with E-state index in [9.17, 15) is 0 Å². The van der Waals surface area contributed by atoms with Crippen LogP contribution in [0.3, 0.4) is 0 Å². The summed E-state index contributed by atoms with van der Waals surface area (Å²) in [5, 5.41) is 3.48. The van der Waals surface area contributed by atoms with Gasteiger partial charge in [-0.3, -0.25) is 4.90 Å². The van der Waals surface area contributed by atoms with Crippen LogP contribution in [0.1, 0.15) is 33.6 Å². The van der Waals surface area contributed by atoms with Crippen molar-refractivity contribution in [1.29, 1.82) is 0 Å². The third-order valence-corrected chi connectivity index (χ3v) is 3.95. The largest absolute Gasteiger partial charge is 0.373 e. The number of morpholine rings is 1. The Morgan fingerprint density at radius 2 is 1.88 bits per heavy atom. The Hall–Kier alpha value is -0.120. The molecule has 2 rings (SSSR count). The fourth-order valence-electron chi connectivity index (χ4n) is 3.09. The summed E-state index contributed by atoms with van der Waals surface area (Å²) in [5.74, 6) is 0.873. The summed E-state index contributed by atoms with van der Waals surface area (Å²) in [6.45, 7) is 11.1. The highest BCUT2D eigenvalue weighted by Crippen LogP contribution is 2.33. The van der Waals surface area contributed by atoms with Gasteiger partial charge in [0.15, 0.2) is 0 Å². The van der Waals surface area contributed by atoms with Crippen molar-refractivity contribution in [2.45, 2.75) is 51.9 Å². The molecule has 4 atom stereocenters. The Morgan fingerprint density at radius 3 is 2.38 bits per heavy atom. The van der Waals surface area contributed by atoms with Gasteiger partial charge < -0.3 is 10.1 Å². The first-order chi connectivity index (χ1) is 7.70. The first kappa shape index (κ1) is 12.3. The van der Waals surface area contributed by atoms with E-state index in [0.29, 0.717) is 12.2 Å². The van der Waals surface area contributed by atoms with Crippen molar-refractivity contribution < 1.29 is 4.74 Å². The maximum absolute atomic E-state index is 5.79. The van der Waals surface area contributed by atoms with Crippen molar-refractivity contribution in [1.82, 2.24) is 10.2 Å². The van der Waals surface area contributed by atoms with Gasteiger partial charge in [0.2, 0.25) is 0 Å². The predicted octanol–water partition coefficient (Wildman–Crippen LogP) is 1.48. The molecule has 1 N–H and O–H groups in total.